The van der Waals surface area contributed by atoms with Crippen LogP contribution < -0.4 is 0 Å². The Kier molecular flexibility index (Phi) is 5.62. The van der Waals surface area contributed by atoms with E-state index >= 15 is 0 Å². The number of aliphatic hydroxyl groups excluding tert-OH is 1. The van der Waals surface area contributed by atoms with Gasteiger partial charge in [-0.05, 0) is 98.3 Å². The molecule has 0 saturated heterocycles. The highest BCUT2D eigenvalue weighted by Crippen LogP contribution is 2.68. The molecular weight excluding hydrogens is 410 g/mol. The van der Waals surface area contributed by atoms with Gasteiger partial charge in [0.1, 0.15) is 0 Å². The molecule has 174 valence electrons. The Labute approximate surface area is 197 Å². The van der Waals surface area contributed by atoms with Crippen molar-refractivity contribution in [1.29, 1.82) is 5.26 Å². The number of benzene rings is 1. The molecule has 6 atom stereocenters. The minimum absolute atomic E-state index is 0.00790. The van der Waals surface area contributed by atoms with Gasteiger partial charge in [-0.1, -0.05) is 36.8 Å². The Bertz CT molecular complexity index is 1030. The molecule has 4 aliphatic carbocycles. The first-order valence-electron chi connectivity index (χ1n) is 12.6. The smallest absolute Gasteiger partial charge is 0.155 e. The van der Waals surface area contributed by atoms with Gasteiger partial charge in [-0.3, -0.25) is 4.79 Å². The van der Waals surface area contributed by atoms with Crippen molar-refractivity contribution in [3.63, 3.8) is 0 Å². The third-order valence-electron chi connectivity index (χ3n) is 10.0. The zero-order valence-corrected chi connectivity index (χ0v) is 19.6. The molecule has 2 N–H and O–H groups in total. The monoisotopic (exact) mass is 445 g/mol. The minimum Gasteiger partial charge on any atom is -0.392 e. The van der Waals surface area contributed by atoms with E-state index in [1.165, 1.54) is 11.1 Å². The van der Waals surface area contributed by atoms with Gasteiger partial charge in [0.05, 0.1) is 23.8 Å². The average Bonchev–Trinajstić information content (AvgIpc) is 3.09. The van der Waals surface area contributed by atoms with Crippen LogP contribution >= 0.6 is 0 Å². The maximum Gasteiger partial charge on any atom is 0.155 e. The van der Waals surface area contributed by atoms with Crippen LogP contribution in [-0.2, 0) is 11.2 Å². The van der Waals surface area contributed by atoms with E-state index < -0.39 is 5.60 Å². The topological polar surface area (TPSA) is 81.3 Å². The highest BCUT2D eigenvalue weighted by molar-refractivity contribution is 5.91. The van der Waals surface area contributed by atoms with Gasteiger partial charge in [-0.25, -0.2) is 0 Å². The quantitative estimate of drug-likeness (QED) is 0.647. The first-order chi connectivity index (χ1) is 15.8. The summed E-state index contributed by atoms with van der Waals surface area (Å²) in [6.07, 6.45) is 13.9. The number of aliphatic hydroxyl groups is 2. The first kappa shape index (κ1) is 22.6. The van der Waals surface area contributed by atoms with Crippen molar-refractivity contribution in [2.75, 3.05) is 6.61 Å². The number of rotatable bonds is 4. The Morgan fingerprint density at radius 2 is 1.85 bits per heavy atom. The number of fused-ring (bicyclic) bond motifs is 5. The fourth-order valence-corrected chi connectivity index (χ4v) is 8.33. The van der Waals surface area contributed by atoms with E-state index in [1.54, 1.807) is 6.08 Å². The van der Waals surface area contributed by atoms with Gasteiger partial charge >= 0.3 is 0 Å². The molecule has 0 heterocycles. The fraction of sp³-hybridized carbons (Fsp3) is 0.586. The van der Waals surface area contributed by atoms with Gasteiger partial charge in [-0.15, -0.1) is 0 Å². The molecule has 5 rings (SSSR count). The molecule has 0 unspecified atom stereocenters. The van der Waals surface area contributed by atoms with Crippen LogP contribution in [0.5, 0.6) is 0 Å². The van der Waals surface area contributed by atoms with Crippen molar-refractivity contribution in [2.45, 2.75) is 70.3 Å². The zero-order chi connectivity index (χ0) is 23.3. The van der Waals surface area contributed by atoms with Gasteiger partial charge in [0.25, 0.3) is 0 Å². The second-order valence-electron chi connectivity index (χ2n) is 11.2. The molecule has 0 radical (unpaired) electrons. The molecule has 4 heteroatoms. The summed E-state index contributed by atoms with van der Waals surface area (Å²) < 4.78 is 0. The second kappa shape index (κ2) is 8.22. The number of carbonyl (C=O) groups excluding carboxylic acids is 1. The third-order valence-corrected chi connectivity index (χ3v) is 10.0. The standard InChI is InChI=1S/C29H35NO3/c1-27-13-10-26-24(25(27)11-15-29(27,33)12-2-16-31)8-7-22-17-23(32)9-14-28(22,26)18-20-3-5-21(19-30)6-4-20/h2-6,12,17,24-26,31,33H,7-11,13-16,18H2,1H3/b12-2+/t24-,25-,26-,27-,28+,29-/m0/s1. The summed E-state index contributed by atoms with van der Waals surface area (Å²) in [5, 5.41) is 30.1. The number of hydrogen-bond donors (Lipinski definition) is 2. The van der Waals surface area contributed by atoms with Crippen LogP contribution in [0.25, 0.3) is 0 Å². The van der Waals surface area contributed by atoms with Gasteiger partial charge in [0, 0.05) is 11.8 Å². The molecule has 3 saturated carbocycles. The van der Waals surface area contributed by atoms with Gasteiger partial charge < -0.3 is 10.2 Å². The fourth-order valence-electron chi connectivity index (χ4n) is 8.33. The predicted octanol–water partition coefficient (Wildman–Crippen LogP) is 4.89. The minimum atomic E-state index is -0.843. The number of hydrogen-bond acceptors (Lipinski definition) is 4. The third kappa shape index (κ3) is 3.44. The molecule has 1 aromatic rings. The Hall–Kier alpha value is -2.22. The van der Waals surface area contributed by atoms with E-state index in [0.29, 0.717) is 29.7 Å². The number of ketones is 1. The van der Waals surface area contributed by atoms with Crippen LogP contribution in [0.4, 0.5) is 0 Å². The van der Waals surface area contributed by atoms with Crippen LogP contribution in [0.1, 0.15) is 69.4 Å². The summed E-state index contributed by atoms with van der Waals surface area (Å²) in [6.45, 7) is 2.23. The molecule has 3 fully saturated rings. The Morgan fingerprint density at radius 1 is 1.09 bits per heavy atom. The average molecular weight is 446 g/mol. The van der Waals surface area contributed by atoms with Crippen molar-refractivity contribution in [3.05, 3.63) is 59.2 Å². The van der Waals surface area contributed by atoms with E-state index in [2.05, 4.69) is 25.1 Å². The molecule has 0 aliphatic heterocycles. The molecule has 0 aromatic heterocycles. The number of nitrogens with zero attached hydrogens (tertiary/aromatic N) is 1. The second-order valence-corrected chi connectivity index (χ2v) is 11.2. The lowest BCUT2D eigenvalue weighted by Gasteiger charge is -2.60. The highest BCUT2D eigenvalue weighted by atomic mass is 16.3. The summed E-state index contributed by atoms with van der Waals surface area (Å²) in [7, 11) is 0. The number of nitriles is 1. The zero-order valence-electron chi connectivity index (χ0n) is 19.6. The van der Waals surface area contributed by atoms with Crippen LogP contribution in [-0.4, -0.2) is 28.2 Å². The van der Waals surface area contributed by atoms with E-state index in [9.17, 15) is 20.3 Å². The molecule has 33 heavy (non-hydrogen) atoms. The summed E-state index contributed by atoms with van der Waals surface area (Å²) >= 11 is 0. The summed E-state index contributed by atoms with van der Waals surface area (Å²) in [4.78, 5) is 12.4. The lowest BCUT2D eigenvalue weighted by Crippen LogP contribution is -2.55. The Morgan fingerprint density at radius 3 is 2.58 bits per heavy atom. The molecular formula is C29H35NO3. The van der Waals surface area contributed by atoms with Crippen molar-refractivity contribution < 1.29 is 15.0 Å². The summed E-state index contributed by atoms with van der Waals surface area (Å²) in [5.41, 5.74) is 2.28. The molecule has 4 aliphatic rings. The van der Waals surface area contributed by atoms with Crippen molar-refractivity contribution in [2.24, 2.45) is 28.6 Å². The van der Waals surface area contributed by atoms with Crippen LogP contribution in [0.3, 0.4) is 0 Å². The molecule has 0 bridgehead atoms. The highest BCUT2D eigenvalue weighted by Gasteiger charge is 2.63. The molecule has 1 aromatic carbocycles. The van der Waals surface area contributed by atoms with Gasteiger partial charge in [0.2, 0.25) is 0 Å². The molecule has 4 nitrogen and oxygen atoms in total. The largest absolute Gasteiger partial charge is 0.392 e. The van der Waals surface area contributed by atoms with Gasteiger partial charge in [-0.2, -0.15) is 5.26 Å². The normalized spacial score (nSPS) is 40.0. The Balaban J connectivity index is 1.51. The van der Waals surface area contributed by atoms with Crippen molar-refractivity contribution in [3.8, 4) is 6.07 Å². The number of carbonyl (C=O) groups is 1. The van der Waals surface area contributed by atoms with Gasteiger partial charge in [0.15, 0.2) is 5.78 Å². The lowest BCUT2D eigenvalue weighted by atomic mass is 9.45. The molecule has 0 spiro atoms. The van der Waals surface area contributed by atoms with E-state index in [-0.39, 0.29) is 23.2 Å². The summed E-state index contributed by atoms with van der Waals surface area (Å²) in [6, 6.07) is 10.2. The van der Waals surface area contributed by atoms with E-state index in [1.807, 2.05) is 24.3 Å². The first-order valence-corrected chi connectivity index (χ1v) is 12.6. The predicted molar refractivity (Wildman–Crippen MR) is 127 cm³/mol. The van der Waals surface area contributed by atoms with E-state index in [0.717, 1.165) is 51.4 Å². The van der Waals surface area contributed by atoms with Crippen LogP contribution in [0.15, 0.2) is 48.1 Å². The lowest BCUT2D eigenvalue weighted by molar-refractivity contribution is -0.121. The van der Waals surface area contributed by atoms with E-state index in [4.69, 9.17) is 0 Å². The van der Waals surface area contributed by atoms with Crippen molar-refractivity contribution in [1.82, 2.24) is 0 Å². The SMILES string of the molecule is C[C@]12CC[C@H]3[C@@H](CCC4=CC(=O)CC[C@@]43Cc3ccc(C#N)cc3)[C@@H]1CC[C@@]2(O)/C=C/CO. The van der Waals surface area contributed by atoms with Crippen molar-refractivity contribution >= 4 is 5.78 Å². The summed E-state index contributed by atoms with van der Waals surface area (Å²) in [5.74, 6) is 1.79. The number of allylic oxidation sites excluding steroid dienone is 1. The molecule has 0 amide bonds. The maximum absolute atomic E-state index is 12.4. The van der Waals surface area contributed by atoms with Crippen LogP contribution in [0, 0.1) is 39.9 Å². The maximum atomic E-state index is 12.4. The van der Waals surface area contributed by atoms with Crippen LogP contribution in [0.2, 0.25) is 0 Å².